The fourth-order valence-electron chi connectivity index (χ4n) is 1.20. The van der Waals surface area contributed by atoms with E-state index in [-0.39, 0.29) is 18.7 Å². The van der Waals surface area contributed by atoms with Crippen molar-refractivity contribution in [1.82, 2.24) is 0 Å². The van der Waals surface area contributed by atoms with E-state index in [0.717, 1.165) is 5.56 Å². The van der Waals surface area contributed by atoms with Gasteiger partial charge in [0, 0.05) is 12.8 Å². The largest absolute Gasteiger partial charge is 0.459 e. The van der Waals surface area contributed by atoms with Gasteiger partial charge in [0.2, 0.25) is 0 Å². The van der Waals surface area contributed by atoms with Crippen molar-refractivity contribution >= 4 is 11.7 Å². The molecule has 4 nitrogen and oxygen atoms in total. The summed E-state index contributed by atoms with van der Waals surface area (Å²) in [5, 5.41) is 0. The molecule has 0 spiro atoms. The second kappa shape index (κ2) is 5.51. The molecule has 0 fully saturated rings. The van der Waals surface area contributed by atoms with Crippen molar-refractivity contribution < 1.29 is 14.3 Å². The quantitative estimate of drug-likeness (QED) is 0.624. The van der Waals surface area contributed by atoms with Gasteiger partial charge in [-0.1, -0.05) is 6.07 Å². The molecule has 1 unspecified atom stereocenters. The van der Waals surface area contributed by atoms with Gasteiger partial charge in [-0.05, 0) is 31.5 Å². The summed E-state index contributed by atoms with van der Waals surface area (Å²) in [6.45, 7) is 3.92. The summed E-state index contributed by atoms with van der Waals surface area (Å²) in [6.07, 6.45) is -0.106. The third kappa shape index (κ3) is 3.24. The smallest absolute Gasteiger partial charge is 0.338 e. The first kappa shape index (κ1) is 12.5. The van der Waals surface area contributed by atoms with Crippen LogP contribution in [0.3, 0.4) is 0 Å². The maximum Gasteiger partial charge on any atom is 0.338 e. The molecule has 0 heterocycles. The van der Waals surface area contributed by atoms with Crippen molar-refractivity contribution in [3.63, 3.8) is 0 Å². The zero-order valence-corrected chi connectivity index (χ0v) is 9.82. The average Bonchev–Trinajstić information content (AvgIpc) is 2.28. The fourth-order valence-corrected chi connectivity index (χ4v) is 1.20. The van der Waals surface area contributed by atoms with Gasteiger partial charge in [0.15, 0.2) is 0 Å². The summed E-state index contributed by atoms with van der Waals surface area (Å²) in [4.78, 5) is 11.7. The molecule has 0 radical (unpaired) electrons. The number of carbonyl (C=O) groups excluding carboxylic acids is 1. The van der Waals surface area contributed by atoms with Crippen molar-refractivity contribution in [2.24, 2.45) is 0 Å². The number of hydrogen-bond donors (Lipinski definition) is 1. The number of esters is 1. The number of hydrogen-bond acceptors (Lipinski definition) is 4. The van der Waals surface area contributed by atoms with Crippen LogP contribution in [0, 0.1) is 6.92 Å². The number of carbonyl (C=O) groups is 1. The fraction of sp³-hybridized carbons (Fsp3) is 0.417. The molecule has 2 N–H and O–H groups in total. The second-order valence-electron chi connectivity index (χ2n) is 3.72. The molecular weight excluding hydrogens is 206 g/mol. The van der Waals surface area contributed by atoms with Gasteiger partial charge in [-0.25, -0.2) is 4.79 Å². The van der Waals surface area contributed by atoms with E-state index in [4.69, 9.17) is 15.2 Å². The molecule has 0 saturated carbocycles. The summed E-state index contributed by atoms with van der Waals surface area (Å²) in [5.41, 5.74) is 7.52. The lowest BCUT2D eigenvalue weighted by atomic mass is 10.1. The Balaban J connectivity index is 2.69. The van der Waals surface area contributed by atoms with Crippen LogP contribution in [-0.4, -0.2) is 25.8 Å². The Labute approximate surface area is 95.3 Å². The summed E-state index contributed by atoms with van der Waals surface area (Å²) in [6, 6.07) is 5.17. The normalized spacial score (nSPS) is 12.2. The van der Waals surface area contributed by atoms with Crippen LogP contribution in [-0.2, 0) is 9.47 Å². The molecule has 88 valence electrons. The number of methoxy groups -OCH3 is 1. The van der Waals surface area contributed by atoms with E-state index in [1.807, 2.05) is 13.8 Å². The molecule has 1 aromatic carbocycles. The predicted molar refractivity (Wildman–Crippen MR) is 62.3 cm³/mol. The lowest BCUT2D eigenvalue weighted by Gasteiger charge is -2.11. The highest BCUT2D eigenvalue weighted by molar-refractivity contribution is 5.92. The van der Waals surface area contributed by atoms with Crippen LogP contribution < -0.4 is 5.73 Å². The van der Waals surface area contributed by atoms with Crippen LogP contribution in [0.1, 0.15) is 22.8 Å². The molecule has 0 aliphatic heterocycles. The van der Waals surface area contributed by atoms with Gasteiger partial charge in [0.25, 0.3) is 0 Å². The second-order valence-corrected chi connectivity index (χ2v) is 3.72. The number of anilines is 1. The third-order valence-corrected chi connectivity index (χ3v) is 2.33. The summed E-state index contributed by atoms with van der Waals surface area (Å²) < 4.78 is 10.1. The highest BCUT2D eigenvalue weighted by Crippen LogP contribution is 2.13. The molecule has 1 atom stereocenters. The SMILES string of the molecule is COC(C)COC(=O)c1cc(N)ccc1C. The highest BCUT2D eigenvalue weighted by atomic mass is 16.6. The van der Waals surface area contributed by atoms with E-state index in [2.05, 4.69) is 0 Å². The molecule has 1 rings (SSSR count). The van der Waals surface area contributed by atoms with Crippen LogP contribution in [0.25, 0.3) is 0 Å². The van der Waals surface area contributed by atoms with Gasteiger partial charge in [-0.15, -0.1) is 0 Å². The molecule has 16 heavy (non-hydrogen) atoms. The maximum atomic E-state index is 11.7. The first-order valence-electron chi connectivity index (χ1n) is 5.10. The zero-order valence-electron chi connectivity index (χ0n) is 9.82. The Morgan fingerprint density at radius 1 is 1.50 bits per heavy atom. The summed E-state index contributed by atoms with van der Waals surface area (Å²) >= 11 is 0. The minimum Gasteiger partial charge on any atom is -0.459 e. The van der Waals surface area contributed by atoms with E-state index < -0.39 is 0 Å². The molecule has 0 bridgehead atoms. The molecule has 0 aliphatic rings. The highest BCUT2D eigenvalue weighted by Gasteiger charge is 2.12. The Kier molecular flexibility index (Phi) is 4.31. The standard InChI is InChI=1S/C12H17NO3/c1-8-4-5-10(13)6-11(8)12(14)16-7-9(2)15-3/h4-6,9H,7,13H2,1-3H3. The molecule has 0 saturated heterocycles. The van der Waals surface area contributed by atoms with E-state index in [1.165, 1.54) is 0 Å². The molecule has 4 heteroatoms. The van der Waals surface area contributed by atoms with Gasteiger partial charge in [0.05, 0.1) is 11.7 Å². The Morgan fingerprint density at radius 2 is 2.19 bits per heavy atom. The average molecular weight is 223 g/mol. The molecule has 1 aromatic rings. The minimum absolute atomic E-state index is 0.106. The number of rotatable bonds is 4. The Bertz CT molecular complexity index is 377. The van der Waals surface area contributed by atoms with Crippen LogP contribution >= 0.6 is 0 Å². The van der Waals surface area contributed by atoms with Gasteiger partial charge < -0.3 is 15.2 Å². The van der Waals surface area contributed by atoms with E-state index in [9.17, 15) is 4.79 Å². The zero-order chi connectivity index (χ0) is 12.1. The Hall–Kier alpha value is -1.55. The number of benzene rings is 1. The van der Waals surface area contributed by atoms with Crippen LogP contribution in [0.2, 0.25) is 0 Å². The van der Waals surface area contributed by atoms with Crippen LogP contribution in [0.4, 0.5) is 5.69 Å². The van der Waals surface area contributed by atoms with Crippen molar-refractivity contribution in [2.45, 2.75) is 20.0 Å². The summed E-state index contributed by atoms with van der Waals surface area (Å²) in [5.74, 6) is -0.367. The van der Waals surface area contributed by atoms with Crippen molar-refractivity contribution in [3.8, 4) is 0 Å². The Morgan fingerprint density at radius 3 is 2.81 bits per heavy atom. The molecule has 0 amide bonds. The summed E-state index contributed by atoms with van der Waals surface area (Å²) in [7, 11) is 1.57. The lowest BCUT2D eigenvalue weighted by molar-refractivity contribution is 0.0168. The third-order valence-electron chi connectivity index (χ3n) is 2.33. The van der Waals surface area contributed by atoms with Gasteiger partial charge in [-0.3, -0.25) is 0 Å². The lowest BCUT2D eigenvalue weighted by Crippen LogP contribution is -2.18. The number of nitrogen functional groups attached to an aromatic ring is 1. The first-order chi connectivity index (χ1) is 7.54. The van der Waals surface area contributed by atoms with Gasteiger partial charge in [0.1, 0.15) is 6.61 Å². The van der Waals surface area contributed by atoms with E-state index in [0.29, 0.717) is 11.3 Å². The van der Waals surface area contributed by atoms with Crippen LogP contribution in [0.15, 0.2) is 18.2 Å². The monoisotopic (exact) mass is 223 g/mol. The van der Waals surface area contributed by atoms with Gasteiger partial charge >= 0.3 is 5.97 Å². The number of nitrogens with two attached hydrogens (primary N) is 1. The van der Waals surface area contributed by atoms with Gasteiger partial charge in [-0.2, -0.15) is 0 Å². The van der Waals surface area contributed by atoms with Crippen molar-refractivity contribution in [3.05, 3.63) is 29.3 Å². The predicted octanol–water partition coefficient (Wildman–Crippen LogP) is 1.77. The van der Waals surface area contributed by atoms with E-state index >= 15 is 0 Å². The molecule has 0 aromatic heterocycles. The van der Waals surface area contributed by atoms with Crippen molar-refractivity contribution in [1.29, 1.82) is 0 Å². The first-order valence-corrected chi connectivity index (χ1v) is 5.10. The maximum absolute atomic E-state index is 11.7. The van der Waals surface area contributed by atoms with Crippen LogP contribution in [0.5, 0.6) is 0 Å². The topological polar surface area (TPSA) is 61.5 Å². The van der Waals surface area contributed by atoms with Crippen molar-refractivity contribution in [2.75, 3.05) is 19.5 Å². The number of ether oxygens (including phenoxy) is 2. The molecular formula is C12H17NO3. The minimum atomic E-state index is -0.367. The molecule has 0 aliphatic carbocycles. The number of aryl methyl sites for hydroxylation is 1. The van der Waals surface area contributed by atoms with E-state index in [1.54, 1.807) is 25.3 Å².